The molecule has 2 atom stereocenters. The molecule has 0 aliphatic carbocycles. The number of amides is 1. The van der Waals surface area contributed by atoms with Crippen molar-refractivity contribution in [3.8, 4) is 6.07 Å². The number of nitrogens with zero attached hydrogens (tertiary/aromatic N) is 1. The van der Waals surface area contributed by atoms with Gasteiger partial charge in [0.15, 0.2) is 5.78 Å². The van der Waals surface area contributed by atoms with E-state index in [0.29, 0.717) is 11.1 Å². The Labute approximate surface area is 164 Å². The predicted octanol–water partition coefficient (Wildman–Crippen LogP) is 4.87. The first-order valence-electron chi connectivity index (χ1n) is 8.26. The number of carbonyl (C=O) groups is 2. The summed E-state index contributed by atoms with van der Waals surface area (Å²) in [6.45, 7) is 3.09. The van der Waals surface area contributed by atoms with Crippen molar-refractivity contribution >= 4 is 23.3 Å². The van der Waals surface area contributed by atoms with E-state index in [4.69, 9.17) is 16.9 Å². The topological polar surface area (TPSA) is 70.0 Å². The van der Waals surface area contributed by atoms with Crippen LogP contribution in [0.25, 0.3) is 0 Å². The van der Waals surface area contributed by atoms with Gasteiger partial charge in [-0.3, -0.25) is 9.59 Å². The van der Waals surface area contributed by atoms with Gasteiger partial charge in [-0.15, -0.1) is 0 Å². The molecule has 2 aromatic carbocycles. The predicted molar refractivity (Wildman–Crippen MR) is 98.0 cm³/mol. The number of hydrogen-bond acceptors (Lipinski definition) is 3. The number of halogens is 4. The van der Waals surface area contributed by atoms with Crippen LogP contribution >= 0.6 is 11.6 Å². The molecule has 28 heavy (non-hydrogen) atoms. The van der Waals surface area contributed by atoms with Gasteiger partial charge in [-0.1, -0.05) is 30.7 Å². The molecule has 0 spiro atoms. The van der Waals surface area contributed by atoms with Gasteiger partial charge in [0.05, 0.1) is 22.8 Å². The highest BCUT2D eigenvalue weighted by Gasteiger charge is 2.36. The molecule has 0 heterocycles. The highest BCUT2D eigenvalue weighted by atomic mass is 35.5. The number of hydrogen-bond donors (Lipinski definition) is 1. The van der Waals surface area contributed by atoms with Crippen LogP contribution in [0.5, 0.6) is 0 Å². The van der Waals surface area contributed by atoms with Crippen molar-refractivity contribution in [3.05, 3.63) is 69.7 Å². The van der Waals surface area contributed by atoms with Gasteiger partial charge in [-0.05, 0) is 37.3 Å². The van der Waals surface area contributed by atoms with Crippen LogP contribution in [0.3, 0.4) is 0 Å². The van der Waals surface area contributed by atoms with E-state index < -0.39 is 35.2 Å². The molecule has 0 aliphatic rings. The van der Waals surface area contributed by atoms with Crippen molar-refractivity contribution in [1.29, 1.82) is 5.26 Å². The third kappa shape index (κ3) is 4.90. The van der Waals surface area contributed by atoms with E-state index in [0.717, 1.165) is 18.2 Å². The summed E-state index contributed by atoms with van der Waals surface area (Å²) in [6, 6.07) is 9.91. The molecule has 0 saturated heterocycles. The number of Topliss-reactive ketones (excluding diaryl/α,β-unsaturated/α-hetero) is 1. The number of benzene rings is 2. The first-order valence-corrected chi connectivity index (χ1v) is 8.64. The van der Waals surface area contributed by atoms with E-state index >= 15 is 0 Å². The lowest BCUT2D eigenvalue weighted by Gasteiger charge is -2.21. The maximum Gasteiger partial charge on any atom is 0.417 e. The second-order valence-electron chi connectivity index (χ2n) is 6.29. The van der Waals surface area contributed by atoms with Crippen LogP contribution in [-0.2, 0) is 6.18 Å². The Hall–Kier alpha value is -2.85. The summed E-state index contributed by atoms with van der Waals surface area (Å²) < 4.78 is 39.4. The first kappa shape index (κ1) is 21.5. The largest absolute Gasteiger partial charge is 0.417 e. The molecule has 146 valence electrons. The lowest BCUT2D eigenvalue weighted by molar-refractivity contribution is -0.137. The summed E-state index contributed by atoms with van der Waals surface area (Å²) in [5.41, 5.74) is -0.977. The standard InChI is InChI=1S/C20H16ClF3N2O2/c1-11(18(27)14-5-3-13(10-25)4-6-14)12(2)26-19(28)16-9-15(21)7-8-17(16)20(22,23)24/h3-9,11-12H,1-2H3,(H,26,28). The number of ketones is 1. The maximum absolute atomic E-state index is 13.1. The van der Waals surface area contributed by atoms with Crippen molar-refractivity contribution in [3.63, 3.8) is 0 Å². The van der Waals surface area contributed by atoms with Crippen LogP contribution < -0.4 is 5.32 Å². The molecule has 4 nitrogen and oxygen atoms in total. The minimum Gasteiger partial charge on any atom is -0.349 e. The smallest absolute Gasteiger partial charge is 0.349 e. The molecule has 0 fully saturated rings. The number of rotatable bonds is 5. The van der Waals surface area contributed by atoms with E-state index in [1.807, 2.05) is 6.07 Å². The van der Waals surface area contributed by atoms with E-state index in [9.17, 15) is 22.8 Å². The van der Waals surface area contributed by atoms with Gasteiger partial charge in [0.2, 0.25) is 0 Å². The SMILES string of the molecule is CC(NC(=O)c1cc(Cl)ccc1C(F)(F)F)C(C)C(=O)c1ccc(C#N)cc1. The molecule has 8 heteroatoms. The van der Waals surface area contributed by atoms with Crippen LogP contribution in [0, 0.1) is 17.2 Å². The molecule has 2 unspecified atom stereocenters. The molecular weight excluding hydrogens is 393 g/mol. The van der Waals surface area contributed by atoms with Crippen molar-refractivity contribution < 1.29 is 22.8 Å². The Kier molecular flexibility index (Phi) is 6.47. The molecule has 0 aliphatic heterocycles. The van der Waals surface area contributed by atoms with E-state index in [1.165, 1.54) is 31.2 Å². The van der Waals surface area contributed by atoms with Gasteiger partial charge >= 0.3 is 6.18 Å². The molecule has 1 amide bonds. The van der Waals surface area contributed by atoms with Crippen LogP contribution in [0.2, 0.25) is 5.02 Å². The van der Waals surface area contributed by atoms with Crippen molar-refractivity contribution in [2.45, 2.75) is 26.1 Å². The Morgan fingerprint density at radius 2 is 1.71 bits per heavy atom. The molecule has 2 rings (SSSR count). The maximum atomic E-state index is 13.1. The summed E-state index contributed by atoms with van der Waals surface area (Å²) in [4.78, 5) is 25.0. The van der Waals surface area contributed by atoms with E-state index in [-0.39, 0.29) is 10.8 Å². The summed E-state index contributed by atoms with van der Waals surface area (Å²) in [7, 11) is 0. The second-order valence-corrected chi connectivity index (χ2v) is 6.73. The lowest BCUT2D eigenvalue weighted by Crippen LogP contribution is -2.40. The van der Waals surface area contributed by atoms with Gasteiger partial charge in [-0.2, -0.15) is 18.4 Å². The van der Waals surface area contributed by atoms with Gasteiger partial charge in [0, 0.05) is 22.5 Å². The van der Waals surface area contributed by atoms with E-state index in [2.05, 4.69) is 5.32 Å². The summed E-state index contributed by atoms with van der Waals surface area (Å²) in [5, 5.41) is 11.2. The molecule has 2 aromatic rings. The number of alkyl halides is 3. The van der Waals surface area contributed by atoms with Gasteiger partial charge < -0.3 is 5.32 Å². The zero-order valence-corrected chi connectivity index (χ0v) is 15.7. The van der Waals surface area contributed by atoms with Gasteiger partial charge in [0.25, 0.3) is 5.91 Å². The van der Waals surface area contributed by atoms with E-state index in [1.54, 1.807) is 6.92 Å². The van der Waals surface area contributed by atoms with Crippen molar-refractivity contribution in [2.75, 3.05) is 0 Å². The minimum absolute atomic E-state index is 0.00693. The van der Waals surface area contributed by atoms with Gasteiger partial charge in [0.1, 0.15) is 0 Å². The Morgan fingerprint density at radius 3 is 2.25 bits per heavy atom. The first-order chi connectivity index (χ1) is 13.0. The Bertz CT molecular complexity index is 934. The third-order valence-corrected chi connectivity index (χ3v) is 4.59. The van der Waals surface area contributed by atoms with Gasteiger partial charge in [-0.25, -0.2) is 0 Å². The Balaban J connectivity index is 2.19. The minimum atomic E-state index is -4.72. The highest BCUT2D eigenvalue weighted by Crippen LogP contribution is 2.33. The second kappa shape index (κ2) is 8.44. The van der Waals surface area contributed by atoms with Crippen LogP contribution in [0.15, 0.2) is 42.5 Å². The summed E-state index contributed by atoms with van der Waals surface area (Å²) in [5.74, 6) is -1.98. The summed E-state index contributed by atoms with van der Waals surface area (Å²) in [6.07, 6.45) is -4.72. The molecule has 0 aromatic heterocycles. The average Bonchev–Trinajstić information content (AvgIpc) is 2.65. The number of nitrogens with one attached hydrogen (secondary N) is 1. The lowest BCUT2D eigenvalue weighted by atomic mass is 9.92. The normalized spacial score (nSPS) is 13.3. The quantitative estimate of drug-likeness (QED) is 0.718. The molecule has 0 radical (unpaired) electrons. The molecule has 0 saturated carbocycles. The molecule has 0 bridgehead atoms. The van der Waals surface area contributed by atoms with Crippen LogP contribution in [0.4, 0.5) is 13.2 Å². The monoisotopic (exact) mass is 408 g/mol. The summed E-state index contributed by atoms with van der Waals surface area (Å²) >= 11 is 5.74. The Morgan fingerprint density at radius 1 is 1.11 bits per heavy atom. The van der Waals surface area contributed by atoms with Crippen LogP contribution in [-0.4, -0.2) is 17.7 Å². The highest BCUT2D eigenvalue weighted by molar-refractivity contribution is 6.31. The average molecular weight is 409 g/mol. The van der Waals surface area contributed by atoms with Crippen molar-refractivity contribution in [2.24, 2.45) is 5.92 Å². The third-order valence-electron chi connectivity index (χ3n) is 4.35. The fourth-order valence-corrected chi connectivity index (χ4v) is 2.73. The molecular formula is C20H16ClF3N2O2. The zero-order chi connectivity index (χ0) is 21.1. The fraction of sp³-hybridized carbons (Fsp3) is 0.250. The van der Waals surface area contributed by atoms with Crippen LogP contribution in [0.1, 0.15) is 45.7 Å². The number of carbonyl (C=O) groups excluding carboxylic acids is 2. The number of nitriles is 1. The zero-order valence-electron chi connectivity index (χ0n) is 15.0. The fourth-order valence-electron chi connectivity index (χ4n) is 2.56. The molecule has 1 N–H and O–H groups in total. The van der Waals surface area contributed by atoms with Crippen molar-refractivity contribution in [1.82, 2.24) is 5.32 Å².